The van der Waals surface area contributed by atoms with Gasteiger partial charge >= 0.3 is 17.5 Å². The van der Waals surface area contributed by atoms with Crippen LogP contribution in [0.1, 0.15) is 27.2 Å². The molecular weight excluding hydrogens is 279 g/mol. The van der Waals surface area contributed by atoms with Crippen LogP contribution in [0.3, 0.4) is 0 Å². The van der Waals surface area contributed by atoms with Gasteiger partial charge in [0.15, 0.2) is 0 Å². The summed E-state index contributed by atoms with van der Waals surface area (Å²) in [6.45, 7) is -0.751. The third-order valence-electron chi connectivity index (χ3n) is 2.54. The molecule has 0 fully saturated rings. The van der Waals surface area contributed by atoms with Crippen molar-refractivity contribution in [2.45, 2.75) is 56.6 Å². The Hall–Kier alpha value is -0.630. The quantitative estimate of drug-likeness (QED) is 0.645. The molecule has 1 unspecified atom stereocenters. The molecule has 0 aromatic rings. The molecule has 0 aliphatic rings. The van der Waals surface area contributed by atoms with E-state index >= 15 is 0 Å². The lowest BCUT2D eigenvalue weighted by Gasteiger charge is -2.43. The summed E-state index contributed by atoms with van der Waals surface area (Å²) in [5, 5.41) is 0. The molecule has 0 saturated carbocycles. The normalized spacial score (nSPS) is 18.7. The molecule has 0 rings (SSSR count). The van der Waals surface area contributed by atoms with Crippen molar-refractivity contribution in [1.29, 1.82) is 0 Å². The van der Waals surface area contributed by atoms with E-state index in [9.17, 15) is 39.5 Å². The summed E-state index contributed by atoms with van der Waals surface area (Å²) in [5.74, 6) is -22.3. The van der Waals surface area contributed by atoms with E-state index in [-0.39, 0.29) is 0 Å². The number of rotatable bonds is 5. The molecule has 0 aliphatic carbocycles. The van der Waals surface area contributed by atoms with Gasteiger partial charge in [0.25, 0.3) is 11.8 Å². The van der Waals surface area contributed by atoms with Crippen LogP contribution >= 0.6 is 0 Å². The van der Waals surface area contributed by atoms with Crippen molar-refractivity contribution in [3.05, 3.63) is 0 Å². The monoisotopic (exact) mass is 290 g/mol. The Balaban J connectivity index is 6.14. The second kappa shape index (κ2) is 4.19. The molecule has 0 aromatic carbocycles. The Kier molecular flexibility index (Phi) is 4.05. The molecule has 18 heavy (non-hydrogen) atoms. The maximum atomic E-state index is 13.6. The van der Waals surface area contributed by atoms with Gasteiger partial charge in [-0.3, -0.25) is 0 Å². The first-order chi connectivity index (χ1) is 7.56. The van der Waals surface area contributed by atoms with E-state index < -0.39 is 49.6 Å². The van der Waals surface area contributed by atoms with Crippen LogP contribution in [0.5, 0.6) is 0 Å². The largest absolute Gasteiger partial charge is 0.355 e. The van der Waals surface area contributed by atoms with Gasteiger partial charge in [0.05, 0.1) is 0 Å². The molecule has 1 atom stereocenters. The zero-order valence-corrected chi connectivity index (χ0v) is 9.61. The molecular formula is C9H11F9. The van der Waals surface area contributed by atoms with Crippen LogP contribution in [-0.4, -0.2) is 29.4 Å². The van der Waals surface area contributed by atoms with Crippen molar-refractivity contribution in [1.82, 2.24) is 0 Å². The van der Waals surface area contributed by atoms with Crippen molar-refractivity contribution in [3.8, 4) is 0 Å². The predicted octanol–water partition coefficient (Wildman–Crippen LogP) is 4.69. The van der Waals surface area contributed by atoms with Gasteiger partial charge in [-0.2, -0.15) is 8.78 Å². The predicted molar refractivity (Wildman–Crippen MR) is 45.3 cm³/mol. The van der Waals surface area contributed by atoms with Crippen LogP contribution in [0.2, 0.25) is 0 Å². The van der Waals surface area contributed by atoms with Gasteiger partial charge in [-0.15, -0.1) is 0 Å². The van der Waals surface area contributed by atoms with Crippen LogP contribution in [0.4, 0.5) is 39.5 Å². The smallest absolute Gasteiger partial charge is 0.223 e. The SMILES string of the molecule is CCC(F)(F)C(F)(C(C)(F)F)C(F)(F)C(C)(F)F. The molecule has 0 saturated heterocycles. The maximum Gasteiger partial charge on any atom is 0.355 e. The molecule has 110 valence electrons. The van der Waals surface area contributed by atoms with Crippen LogP contribution < -0.4 is 0 Å². The lowest BCUT2D eigenvalue weighted by molar-refractivity contribution is -0.368. The van der Waals surface area contributed by atoms with Crippen molar-refractivity contribution < 1.29 is 39.5 Å². The molecule has 0 radical (unpaired) electrons. The first-order valence-corrected chi connectivity index (χ1v) is 4.76. The van der Waals surface area contributed by atoms with E-state index in [1.807, 2.05) is 0 Å². The van der Waals surface area contributed by atoms with Crippen molar-refractivity contribution in [2.24, 2.45) is 0 Å². The Morgan fingerprint density at radius 1 is 0.667 bits per heavy atom. The van der Waals surface area contributed by atoms with E-state index in [0.29, 0.717) is 6.92 Å². The molecule has 0 heterocycles. The second-order valence-corrected chi connectivity index (χ2v) is 4.07. The van der Waals surface area contributed by atoms with Crippen molar-refractivity contribution in [2.75, 3.05) is 0 Å². The van der Waals surface area contributed by atoms with Crippen LogP contribution in [0, 0.1) is 0 Å². The van der Waals surface area contributed by atoms with Crippen molar-refractivity contribution in [3.63, 3.8) is 0 Å². The van der Waals surface area contributed by atoms with Gasteiger partial charge in [0.2, 0.25) is 0 Å². The summed E-state index contributed by atoms with van der Waals surface area (Å²) < 4.78 is 117. The molecule has 0 bridgehead atoms. The number of halogens is 9. The van der Waals surface area contributed by atoms with Gasteiger partial charge in [-0.25, -0.2) is 30.7 Å². The Morgan fingerprint density at radius 2 is 1.00 bits per heavy atom. The van der Waals surface area contributed by atoms with Gasteiger partial charge in [-0.05, 0) is 0 Å². The topological polar surface area (TPSA) is 0 Å². The highest BCUT2D eigenvalue weighted by Crippen LogP contribution is 2.58. The Labute approximate surface area is 97.1 Å². The Bertz CT molecular complexity index is 298. The molecule has 0 amide bonds. The number of hydrogen-bond acceptors (Lipinski definition) is 0. The number of alkyl halides is 9. The molecule has 0 N–H and O–H groups in total. The van der Waals surface area contributed by atoms with Gasteiger partial charge in [0, 0.05) is 20.3 Å². The summed E-state index contributed by atoms with van der Waals surface area (Å²) in [4.78, 5) is 0. The fourth-order valence-electron chi connectivity index (χ4n) is 1.37. The molecule has 0 aromatic heterocycles. The summed E-state index contributed by atoms with van der Waals surface area (Å²) in [6, 6.07) is 0. The average Bonchev–Trinajstić information content (AvgIpc) is 2.12. The zero-order chi connectivity index (χ0) is 15.2. The maximum absolute atomic E-state index is 13.6. The fourth-order valence-corrected chi connectivity index (χ4v) is 1.37. The Morgan fingerprint density at radius 3 is 1.17 bits per heavy atom. The molecule has 9 heteroatoms. The molecule has 0 spiro atoms. The minimum Gasteiger partial charge on any atom is -0.223 e. The summed E-state index contributed by atoms with van der Waals surface area (Å²) in [7, 11) is 0. The van der Waals surface area contributed by atoms with Crippen LogP contribution in [0.25, 0.3) is 0 Å². The van der Waals surface area contributed by atoms with Crippen molar-refractivity contribution >= 4 is 0 Å². The minimum absolute atomic E-state index is 0.434. The summed E-state index contributed by atoms with van der Waals surface area (Å²) >= 11 is 0. The minimum atomic E-state index is -6.24. The number of hydrogen-bond donors (Lipinski definition) is 0. The molecule has 0 nitrogen and oxygen atoms in total. The third kappa shape index (κ3) is 2.16. The van der Waals surface area contributed by atoms with E-state index in [2.05, 4.69) is 0 Å². The standard InChI is InChI=1S/C9H11F9/c1-4-7(14,15)8(16,5(2,10)11)9(17,18)6(3,12)13/h4H2,1-3H3. The highest BCUT2D eigenvalue weighted by molar-refractivity contribution is 5.14. The second-order valence-electron chi connectivity index (χ2n) is 4.07. The lowest BCUT2D eigenvalue weighted by Crippen LogP contribution is -2.70. The zero-order valence-electron chi connectivity index (χ0n) is 9.61. The van der Waals surface area contributed by atoms with Gasteiger partial charge in [-0.1, -0.05) is 6.92 Å². The van der Waals surface area contributed by atoms with E-state index in [1.54, 1.807) is 0 Å². The first-order valence-electron chi connectivity index (χ1n) is 4.76. The highest BCUT2D eigenvalue weighted by Gasteiger charge is 2.84. The fraction of sp³-hybridized carbons (Fsp3) is 1.00. The van der Waals surface area contributed by atoms with Crippen LogP contribution in [0.15, 0.2) is 0 Å². The highest BCUT2D eigenvalue weighted by atomic mass is 19.3. The third-order valence-corrected chi connectivity index (χ3v) is 2.54. The van der Waals surface area contributed by atoms with Gasteiger partial charge < -0.3 is 0 Å². The van der Waals surface area contributed by atoms with E-state index in [1.165, 1.54) is 0 Å². The first kappa shape index (κ1) is 17.4. The lowest BCUT2D eigenvalue weighted by atomic mass is 9.80. The van der Waals surface area contributed by atoms with Crippen LogP contribution in [-0.2, 0) is 0 Å². The average molecular weight is 290 g/mol. The van der Waals surface area contributed by atoms with E-state index in [4.69, 9.17) is 0 Å². The summed E-state index contributed by atoms with van der Waals surface area (Å²) in [6.07, 6.45) is -1.78. The van der Waals surface area contributed by atoms with Gasteiger partial charge in [0.1, 0.15) is 0 Å². The van der Waals surface area contributed by atoms with E-state index in [0.717, 1.165) is 0 Å². The summed E-state index contributed by atoms with van der Waals surface area (Å²) in [5.41, 5.74) is -5.99. The molecule has 0 aliphatic heterocycles.